The molecular weight excluding hydrogens is 389 g/mol. The second-order valence-corrected chi connectivity index (χ2v) is 6.53. The molecule has 0 atom stereocenters. The van der Waals surface area contributed by atoms with Crippen LogP contribution in [0, 0.1) is 0 Å². The molecule has 8 heteroatoms. The van der Waals surface area contributed by atoms with Gasteiger partial charge in [0.2, 0.25) is 0 Å². The molecule has 0 aliphatic rings. The van der Waals surface area contributed by atoms with Gasteiger partial charge in [0.25, 0.3) is 0 Å². The predicted molar refractivity (Wildman–Crippen MR) is 98.3 cm³/mol. The van der Waals surface area contributed by atoms with Crippen molar-refractivity contribution in [2.24, 2.45) is 0 Å². The summed E-state index contributed by atoms with van der Waals surface area (Å²) >= 11 is 17.9. The first-order valence-corrected chi connectivity index (χ1v) is 8.50. The Kier molecular flexibility index (Phi) is 5.37. The quantitative estimate of drug-likeness (QED) is 0.596. The molecule has 3 aromatic rings. The zero-order chi connectivity index (χ0) is 18.0. The minimum absolute atomic E-state index is 0.163. The standard InChI is InChI=1S/C17H12Cl3NO4/c18-10-2-4-12(5-3-10)24-7-1-6-21-15-13(16(22)25-17(21)23)8-11(19)9-14(15)20/h2-5,8-9H,1,6-7H2. The van der Waals surface area contributed by atoms with Gasteiger partial charge in [-0.1, -0.05) is 34.8 Å². The van der Waals surface area contributed by atoms with Crippen LogP contribution >= 0.6 is 34.8 Å². The normalized spacial score (nSPS) is 11.0. The third kappa shape index (κ3) is 4.00. The molecule has 25 heavy (non-hydrogen) atoms. The number of benzene rings is 2. The first kappa shape index (κ1) is 17.9. The Hall–Kier alpha value is -1.95. The number of halogens is 3. The van der Waals surface area contributed by atoms with Crippen LogP contribution in [-0.4, -0.2) is 11.2 Å². The van der Waals surface area contributed by atoms with Gasteiger partial charge in [0, 0.05) is 16.6 Å². The first-order chi connectivity index (χ1) is 12.0. The highest BCUT2D eigenvalue weighted by molar-refractivity contribution is 6.38. The van der Waals surface area contributed by atoms with Crippen molar-refractivity contribution in [1.82, 2.24) is 4.57 Å². The Bertz CT molecular complexity index is 1020. The summed E-state index contributed by atoms with van der Waals surface area (Å²) in [6.45, 7) is 0.633. The fourth-order valence-corrected chi connectivity index (χ4v) is 3.14. The van der Waals surface area contributed by atoms with Crippen LogP contribution in [-0.2, 0) is 6.54 Å². The number of fused-ring (bicyclic) bond motifs is 1. The molecule has 130 valence electrons. The number of aryl methyl sites for hydroxylation is 1. The van der Waals surface area contributed by atoms with Crippen LogP contribution < -0.4 is 16.1 Å². The Morgan fingerprint density at radius 2 is 1.72 bits per heavy atom. The second-order valence-electron chi connectivity index (χ2n) is 5.25. The summed E-state index contributed by atoms with van der Waals surface area (Å²) in [5.41, 5.74) is -0.461. The highest BCUT2D eigenvalue weighted by Gasteiger charge is 2.13. The molecule has 5 nitrogen and oxygen atoms in total. The summed E-state index contributed by atoms with van der Waals surface area (Å²) in [6, 6.07) is 9.86. The maximum absolute atomic E-state index is 12.0. The van der Waals surface area contributed by atoms with E-state index in [1.807, 2.05) is 0 Å². The minimum atomic E-state index is -0.770. The molecule has 0 bridgehead atoms. The van der Waals surface area contributed by atoms with Crippen LogP contribution in [0.1, 0.15) is 6.42 Å². The van der Waals surface area contributed by atoms with Gasteiger partial charge < -0.3 is 9.15 Å². The third-order valence-corrected chi connectivity index (χ3v) is 4.29. The molecule has 1 aromatic heterocycles. The summed E-state index contributed by atoms with van der Waals surface area (Å²) in [7, 11) is 0. The Morgan fingerprint density at radius 3 is 2.44 bits per heavy atom. The van der Waals surface area contributed by atoms with E-state index in [1.54, 1.807) is 24.3 Å². The van der Waals surface area contributed by atoms with Gasteiger partial charge >= 0.3 is 11.4 Å². The third-order valence-electron chi connectivity index (χ3n) is 3.53. The molecule has 0 saturated heterocycles. The summed E-state index contributed by atoms with van der Waals surface area (Å²) < 4.78 is 11.6. The van der Waals surface area contributed by atoms with Gasteiger partial charge in [-0.2, -0.15) is 0 Å². The van der Waals surface area contributed by atoms with Crippen LogP contribution in [0.4, 0.5) is 0 Å². The van der Waals surface area contributed by atoms with Crippen LogP contribution in [0.3, 0.4) is 0 Å². The van der Waals surface area contributed by atoms with Crippen molar-refractivity contribution in [2.75, 3.05) is 6.61 Å². The molecule has 0 radical (unpaired) electrons. The molecule has 0 saturated carbocycles. The van der Waals surface area contributed by atoms with Crippen LogP contribution in [0.2, 0.25) is 15.1 Å². The smallest absolute Gasteiger partial charge is 0.422 e. The van der Waals surface area contributed by atoms with Gasteiger partial charge in [0.1, 0.15) is 5.75 Å². The zero-order valence-corrected chi connectivity index (χ0v) is 15.1. The maximum atomic E-state index is 12.0. The first-order valence-electron chi connectivity index (χ1n) is 7.37. The summed E-state index contributed by atoms with van der Waals surface area (Å²) in [6.07, 6.45) is 0.504. The number of nitrogens with zero attached hydrogens (tertiary/aromatic N) is 1. The fraction of sp³-hybridized carbons (Fsp3) is 0.176. The SMILES string of the molecule is O=c1oc(=O)n(CCCOc2ccc(Cl)cc2)c2c(Cl)cc(Cl)cc12. The Balaban J connectivity index is 1.80. The summed E-state index contributed by atoms with van der Waals surface area (Å²) in [5.74, 6) is -0.0979. The Morgan fingerprint density at radius 1 is 1.00 bits per heavy atom. The van der Waals surface area contributed by atoms with Gasteiger partial charge in [0.15, 0.2) is 0 Å². The molecule has 0 fully saturated rings. The van der Waals surface area contributed by atoms with E-state index in [-0.39, 0.29) is 17.0 Å². The zero-order valence-electron chi connectivity index (χ0n) is 12.8. The lowest BCUT2D eigenvalue weighted by Gasteiger charge is -2.11. The molecule has 0 N–H and O–H groups in total. The van der Waals surface area contributed by atoms with E-state index in [0.29, 0.717) is 34.3 Å². The van der Waals surface area contributed by atoms with Crippen molar-refractivity contribution in [3.05, 3.63) is 72.4 Å². The number of rotatable bonds is 5. The molecule has 0 aliphatic heterocycles. The lowest BCUT2D eigenvalue weighted by atomic mass is 10.2. The second kappa shape index (κ2) is 7.52. The highest BCUT2D eigenvalue weighted by atomic mass is 35.5. The van der Waals surface area contributed by atoms with Gasteiger partial charge in [-0.05, 0) is 42.8 Å². The fourth-order valence-electron chi connectivity index (χ4n) is 2.42. The van der Waals surface area contributed by atoms with Gasteiger partial charge in [-0.25, -0.2) is 9.59 Å². The van der Waals surface area contributed by atoms with E-state index in [2.05, 4.69) is 0 Å². The lowest BCUT2D eigenvalue weighted by Crippen LogP contribution is -2.26. The predicted octanol–water partition coefficient (Wildman–Crippen LogP) is 4.38. The Labute approximate surface area is 157 Å². The number of hydrogen-bond donors (Lipinski definition) is 0. The largest absolute Gasteiger partial charge is 0.494 e. The van der Waals surface area contributed by atoms with E-state index < -0.39 is 11.4 Å². The molecule has 0 aliphatic carbocycles. The lowest BCUT2D eigenvalue weighted by molar-refractivity contribution is 0.296. The average Bonchev–Trinajstić information content (AvgIpc) is 2.56. The van der Waals surface area contributed by atoms with E-state index in [1.165, 1.54) is 16.7 Å². The topological polar surface area (TPSA) is 61.4 Å². The van der Waals surface area contributed by atoms with Crippen molar-refractivity contribution in [2.45, 2.75) is 13.0 Å². The van der Waals surface area contributed by atoms with Crippen LogP contribution in [0.25, 0.3) is 10.9 Å². The minimum Gasteiger partial charge on any atom is -0.494 e. The van der Waals surface area contributed by atoms with E-state index >= 15 is 0 Å². The van der Waals surface area contributed by atoms with Gasteiger partial charge in [0.05, 0.1) is 22.5 Å². The summed E-state index contributed by atoms with van der Waals surface area (Å²) in [5, 5.41) is 1.29. The monoisotopic (exact) mass is 399 g/mol. The molecule has 0 amide bonds. The molecule has 3 rings (SSSR count). The van der Waals surface area contributed by atoms with Crippen LogP contribution in [0.15, 0.2) is 50.4 Å². The van der Waals surface area contributed by atoms with Gasteiger partial charge in [-0.15, -0.1) is 0 Å². The van der Waals surface area contributed by atoms with E-state index in [0.717, 1.165) is 0 Å². The highest BCUT2D eigenvalue weighted by Crippen LogP contribution is 2.25. The molecular formula is C17H12Cl3NO4. The van der Waals surface area contributed by atoms with E-state index in [4.69, 9.17) is 44.0 Å². The van der Waals surface area contributed by atoms with Crippen molar-refractivity contribution in [1.29, 1.82) is 0 Å². The van der Waals surface area contributed by atoms with Crippen molar-refractivity contribution >= 4 is 45.7 Å². The van der Waals surface area contributed by atoms with Crippen molar-refractivity contribution < 1.29 is 9.15 Å². The van der Waals surface area contributed by atoms with Crippen molar-refractivity contribution in [3.8, 4) is 5.75 Å². The molecule has 0 spiro atoms. The maximum Gasteiger partial charge on any atom is 0.422 e. The number of aromatic nitrogens is 1. The molecule has 1 heterocycles. The number of hydrogen-bond acceptors (Lipinski definition) is 4. The van der Waals surface area contributed by atoms with Crippen LogP contribution in [0.5, 0.6) is 5.75 Å². The molecule has 2 aromatic carbocycles. The van der Waals surface area contributed by atoms with Crippen molar-refractivity contribution in [3.63, 3.8) is 0 Å². The van der Waals surface area contributed by atoms with E-state index in [9.17, 15) is 9.59 Å². The number of ether oxygens (including phenoxy) is 1. The average molecular weight is 401 g/mol. The molecule has 0 unspecified atom stereocenters. The van der Waals surface area contributed by atoms with Gasteiger partial charge in [-0.3, -0.25) is 4.57 Å². The summed E-state index contributed by atoms with van der Waals surface area (Å²) in [4.78, 5) is 23.9.